The molecule has 0 radical (unpaired) electrons. The monoisotopic (exact) mass is 439 g/mol. The molecule has 0 aliphatic carbocycles. The molecule has 0 saturated heterocycles. The van der Waals surface area contributed by atoms with Crippen LogP contribution < -0.4 is 0 Å². The standard InChI is InChI=1S/C24H29N3O3S/c1-7-11-30-23(29)21-17(5)25-24-27(18(14-31-24)13-20(28)26(6)8-2)22(21)19-10-9-15(3)12-16(19)4/h7,9-10,12,14,22H,1,8,11,13H2,2-6H3/t22-/m1/s1. The number of hydrogen-bond acceptors (Lipinski definition) is 6. The number of fused-ring (bicyclic) bond motifs is 1. The summed E-state index contributed by atoms with van der Waals surface area (Å²) in [5.74, 6) is -0.393. The summed E-state index contributed by atoms with van der Waals surface area (Å²) >= 11 is 1.48. The Hall–Kier alpha value is -2.80. The molecule has 0 saturated carbocycles. The van der Waals surface area contributed by atoms with Crippen LogP contribution in [0, 0.1) is 13.8 Å². The molecule has 31 heavy (non-hydrogen) atoms. The van der Waals surface area contributed by atoms with E-state index in [1.54, 1.807) is 18.0 Å². The van der Waals surface area contributed by atoms with Gasteiger partial charge in [0.05, 0.1) is 23.7 Å². The van der Waals surface area contributed by atoms with Gasteiger partial charge in [0.1, 0.15) is 6.61 Å². The van der Waals surface area contributed by atoms with Crippen molar-refractivity contribution in [1.29, 1.82) is 0 Å². The van der Waals surface area contributed by atoms with Gasteiger partial charge in [-0.3, -0.25) is 4.79 Å². The third-order valence-corrected chi connectivity index (χ3v) is 6.39. The van der Waals surface area contributed by atoms with Gasteiger partial charge in [0.25, 0.3) is 0 Å². The average molecular weight is 440 g/mol. The van der Waals surface area contributed by atoms with Gasteiger partial charge in [-0.2, -0.15) is 0 Å². The number of carbonyl (C=O) groups excluding carboxylic acids is 2. The summed E-state index contributed by atoms with van der Waals surface area (Å²) < 4.78 is 5.42. The van der Waals surface area contributed by atoms with Crippen LogP contribution in [0.5, 0.6) is 0 Å². The first-order chi connectivity index (χ1) is 14.8. The molecule has 0 bridgehead atoms. The minimum Gasteiger partial charge on any atom is -0.458 e. The van der Waals surface area contributed by atoms with E-state index in [2.05, 4.69) is 17.6 Å². The summed E-state index contributed by atoms with van der Waals surface area (Å²) in [6.45, 7) is 12.3. The van der Waals surface area contributed by atoms with Gasteiger partial charge in [-0.1, -0.05) is 48.2 Å². The molecular formula is C24H29N3O3S. The number of hydrogen-bond donors (Lipinski definition) is 0. The van der Waals surface area contributed by atoms with Crippen molar-refractivity contribution in [3.8, 4) is 0 Å². The molecule has 0 fully saturated rings. The molecule has 0 unspecified atom stereocenters. The molecule has 0 spiro atoms. The molecule has 1 atom stereocenters. The molecule has 1 amide bonds. The Balaban J connectivity index is 2.09. The van der Waals surface area contributed by atoms with E-state index in [0.29, 0.717) is 17.8 Å². The molecule has 2 heterocycles. The minimum absolute atomic E-state index is 0.0250. The molecule has 2 aliphatic heterocycles. The highest BCUT2D eigenvalue weighted by Gasteiger charge is 2.41. The number of amidine groups is 1. The summed E-state index contributed by atoms with van der Waals surface area (Å²) in [7, 11) is 1.79. The first kappa shape index (κ1) is 22.9. The lowest BCUT2D eigenvalue weighted by atomic mass is 9.90. The Bertz CT molecular complexity index is 1010. The summed E-state index contributed by atoms with van der Waals surface area (Å²) in [6.07, 6.45) is 1.79. The maximum atomic E-state index is 13.1. The number of aryl methyl sites for hydroxylation is 2. The highest BCUT2D eigenvalue weighted by atomic mass is 32.2. The van der Waals surface area contributed by atoms with Crippen LogP contribution in [-0.4, -0.2) is 47.0 Å². The molecule has 0 aromatic heterocycles. The first-order valence-corrected chi connectivity index (χ1v) is 11.2. The number of rotatable bonds is 7. The van der Waals surface area contributed by atoms with Gasteiger partial charge in [0.15, 0.2) is 5.17 Å². The second-order valence-electron chi connectivity index (χ2n) is 7.72. The zero-order valence-electron chi connectivity index (χ0n) is 18.8. The molecule has 2 aliphatic rings. The van der Waals surface area contributed by atoms with E-state index in [4.69, 9.17) is 4.74 Å². The van der Waals surface area contributed by atoms with E-state index >= 15 is 0 Å². The van der Waals surface area contributed by atoms with E-state index < -0.39 is 12.0 Å². The molecule has 3 rings (SSSR count). The van der Waals surface area contributed by atoms with E-state index in [-0.39, 0.29) is 18.9 Å². The first-order valence-electron chi connectivity index (χ1n) is 10.3. The highest BCUT2D eigenvalue weighted by molar-refractivity contribution is 8.16. The second-order valence-corrected chi connectivity index (χ2v) is 8.56. The number of benzene rings is 1. The van der Waals surface area contributed by atoms with E-state index in [1.807, 2.05) is 50.1 Å². The maximum Gasteiger partial charge on any atom is 0.338 e. The Morgan fingerprint density at radius 3 is 2.71 bits per heavy atom. The summed E-state index contributed by atoms with van der Waals surface area (Å²) in [5, 5.41) is 2.73. The Morgan fingerprint density at radius 1 is 1.32 bits per heavy atom. The molecule has 7 heteroatoms. The topological polar surface area (TPSA) is 62.2 Å². The number of thioether (sulfide) groups is 1. The predicted octanol–water partition coefficient (Wildman–Crippen LogP) is 4.48. The molecule has 164 valence electrons. The van der Waals surface area contributed by atoms with Crippen molar-refractivity contribution < 1.29 is 14.3 Å². The van der Waals surface area contributed by atoms with Crippen molar-refractivity contribution in [3.05, 3.63) is 69.9 Å². The number of ether oxygens (including phenoxy) is 1. The normalized spacial score (nSPS) is 17.7. The summed E-state index contributed by atoms with van der Waals surface area (Å²) in [6, 6.07) is 5.78. The van der Waals surface area contributed by atoms with Crippen LogP contribution in [0.1, 0.15) is 43.0 Å². The fraction of sp³-hybridized carbons (Fsp3) is 0.375. The van der Waals surface area contributed by atoms with Crippen molar-refractivity contribution in [2.45, 2.75) is 40.2 Å². The lowest BCUT2D eigenvalue weighted by Gasteiger charge is -2.37. The Kier molecular flexibility index (Phi) is 7.05. The average Bonchev–Trinajstić information content (AvgIpc) is 3.12. The SMILES string of the molecule is C=CCOC(=O)C1=C(C)N=C2SC=C(CC(=O)N(C)CC)N2[C@@H]1c1ccc(C)cc1C. The van der Waals surface area contributed by atoms with Gasteiger partial charge < -0.3 is 14.5 Å². The fourth-order valence-electron chi connectivity index (χ4n) is 3.74. The summed E-state index contributed by atoms with van der Waals surface area (Å²) in [5.41, 5.74) is 5.16. The van der Waals surface area contributed by atoms with Gasteiger partial charge in [0.2, 0.25) is 5.91 Å². The van der Waals surface area contributed by atoms with E-state index in [1.165, 1.54) is 11.8 Å². The lowest BCUT2D eigenvalue weighted by molar-refractivity contribution is -0.138. The lowest BCUT2D eigenvalue weighted by Crippen LogP contribution is -2.38. The number of allylic oxidation sites excluding steroid dienone is 1. The third-order valence-electron chi connectivity index (χ3n) is 5.51. The van der Waals surface area contributed by atoms with Gasteiger partial charge in [-0.05, 0) is 44.2 Å². The number of esters is 1. The third kappa shape index (κ3) is 4.61. The maximum absolute atomic E-state index is 13.1. The number of amides is 1. The highest BCUT2D eigenvalue weighted by Crippen LogP contribution is 2.45. The number of carbonyl (C=O) groups is 2. The Morgan fingerprint density at radius 2 is 2.06 bits per heavy atom. The number of aliphatic imine (C=N–C) groups is 1. The molecule has 6 nitrogen and oxygen atoms in total. The Labute approximate surface area is 188 Å². The fourth-order valence-corrected chi connectivity index (χ4v) is 4.70. The minimum atomic E-state index is -0.418. The molecule has 1 aromatic carbocycles. The van der Waals surface area contributed by atoms with Gasteiger partial charge >= 0.3 is 5.97 Å². The number of nitrogens with zero attached hydrogens (tertiary/aromatic N) is 3. The summed E-state index contributed by atoms with van der Waals surface area (Å²) in [4.78, 5) is 34.1. The van der Waals surface area contributed by atoms with Crippen LogP contribution >= 0.6 is 11.8 Å². The largest absolute Gasteiger partial charge is 0.458 e. The van der Waals surface area contributed by atoms with Crippen molar-refractivity contribution in [3.63, 3.8) is 0 Å². The van der Waals surface area contributed by atoms with Gasteiger partial charge in [-0.15, -0.1) is 0 Å². The van der Waals surface area contributed by atoms with Crippen molar-refractivity contribution in [2.75, 3.05) is 20.2 Å². The smallest absolute Gasteiger partial charge is 0.338 e. The molecular weight excluding hydrogens is 410 g/mol. The van der Waals surface area contributed by atoms with Crippen molar-refractivity contribution in [2.24, 2.45) is 4.99 Å². The predicted molar refractivity (Wildman–Crippen MR) is 125 cm³/mol. The van der Waals surface area contributed by atoms with Crippen LogP contribution in [-0.2, 0) is 14.3 Å². The van der Waals surface area contributed by atoms with Gasteiger partial charge in [-0.25, -0.2) is 9.79 Å². The molecule has 0 N–H and O–H groups in total. The van der Waals surface area contributed by atoms with Crippen LogP contribution in [0.25, 0.3) is 0 Å². The van der Waals surface area contributed by atoms with Crippen LogP contribution in [0.15, 0.2) is 58.2 Å². The van der Waals surface area contributed by atoms with E-state index in [0.717, 1.165) is 27.6 Å². The van der Waals surface area contributed by atoms with Crippen molar-refractivity contribution in [1.82, 2.24) is 9.80 Å². The van der Waals surface area contributed by atoms with Crippen LogP contribution in [0.3, 0.4) is 0 Å². The second kappa shape index (κ2) is 9.56. The van der Waals surface area contributed by atoms with Crippen LogP contribution in [0.2, 0.25) is 0 Å². The van der Waals surface area contributed by atoms with Crippen LogP contribution in [0.4, 0.5) is 0 Å². The van der Waals surface area contributed by atoms with Gasteiger partial charge in [0, 0.05) is 19.3 Å². The molecule has 1 aromatic rings. The quantitative estimate of drug-likeness (QED) is 0.463. The van der Waals surface area contributed by atoms with Crippen molar-refractivity contribution >= 4 is 28.8 Å². The zero-order chi connectivity index (χ0) is 22.7. The van der Waals surface area contributed by atoms with E-state index in [9.17, 15) is 9.59 Å². The zero-order valence-corrected chi connectivity index (χ0v) is 19.6.